The van der Waals surface area contributed by atoms with Crippen molar-refractivity contribution in [1.29, 1.82) is 5.26 Å². The van der Waals surface area contributed by atoms with Crippen molar-refractivity contribution in [2.45, 2.75) is 25.6 Å². The number of hydrogen-bond donors (Lipinski definition) is 6. The number of fused-ring (bicyclic) bond motifs is 1. The fourth-order valence-electron chi connectivity index (χ4n) is 6.04. The summed E-state index contributed by atoms with van der Waals surface area (Å²) in [5, 5.41) is 38.4. The van der Waals surface area contributed by atoms with Gasteiger partial charge in [-0.3, -0.25) is 9.69 Å². The number of nitrogens with one attached hydrogen (secondary N) is 4. The molecule has 4 heterocycles. The number of amides is 1. The van der Waals surface area contributed by atoms with Crippen molar-refractivity contribution < 1.29 is 24.2 Å². The van der Waals surface area contributed by atoms with E-state index in [-0.39, 0.29) is 42.4 Å². The second-order valence-corrected chi connectivity index (χ2v) is 12.7. The van der Waals surface area contributed by atoms with E-state index in [0.29, 0.717) is 66.4 Å². The SMILES string of the molecule is N#Cc1ccc(C[C@H](Nc2nc(NCc3nc4cc(F)ccc4[nH]3)nc(Nc3cccc(CN4CCN(C(=O)c5nccnc5O)CC4)c3)n2)C(=O)O)cc1. The monoisotopic (exact) mass is 743 g/mol. The third kappa shape index (κ3) is 9.04. The minimum Gasteiger partial charge on any atom is -0.492 e. The molecule has 0 spiro atoms. The summed E-state index contributed by atoms with van der Waals surface area (Å²) in [6.45, 7) is 2.86. The fraction of sp³-hybridized carbons (Fsp3) is 0.216. The van der Waals surface area contributed by atoms with Crippen LogP contribution in [0.2, 0.25) is 0 Å². The number of aromatic hydroxyl groups is 1. The quantitative estimate of drug-likeness (QED) is 0.0990. The van der Waals surface area contributed by atoms with Crippen LogP contribution in [0.1, 0.15) is 33.0 Å². The zero-order valence-electron chi connectivity index (χ0n) is 29.1. The molecule has 0 saturated carbocycles. The molecule has 55 heavy (non-hydrogen) atoms. The zero-order valence-corrected chi connectivity index (χ0v) is 29.1. The number of carboxylic acid groups (broad SMARTS) is 1. The maximum atomic E-state index is 13.8. The summed E-state index contributed by atoms with van der Waals surface area (Å²) >= 11 is 0. The van der Waals surface area contributed by atoms with Crippen LogP contribution >= 0.6 is 0 Å². The first-order chi connectivity index (χ1) is 26.7. The number of piperazine rings is 1. The van der Waals surface area contributed by atoms with E-state index in [4.69, 9.17) is 5.26 Å². The van der Waals surface area contributed by atoms with Crippen molar-refractivity contribution in [3.05, 3.63) is 113 Å². The molecule has 1 aliphatic rings. The van der Waals surface area contributed by atoms with Crippen LogP contribution in [0.5, 0.6) is 5.88 Å². The molecule has 6 N–H and O–H groups in total. The molecule has 1 fully saturated rings. The van der Waals surface area contributed by atoms with Crippen LogP contribution in [-0.4, -0.2) is 99.0 Å². The number of halogens is 1. The molecule has 3 aromatic heterocycles. The molecule has 1 atom stereocenters. The van der Waals surface area contributed by atoms with Gasteiger partial charge in [0.2, 0.25) is 23.7 Å². The Morgan fingerprint density at radius 2 is 1.67 bits per heavy atom. The molecule has 0 unspecified atom stereocenters. The van der Waals surface area contributed by atoms with E-state index in [2.05, 4.69) is 55.7 Å². The van der Waals surface area contributed by atoms with E-state index in [1.54, 1.807) is 35.2 Å². The highest BCUT2D eigenvalue weighted by atomic mass is 19.1. The minimum absolute atomic E-state index is 0.00824. The molecule has 17 nitrogen and oxygen atoms in total. The van der Waals surface area contributed by atoms with Gasteiger partial charge in [-0.25, -0.2) is 24.1 Å². The normalized spacial score (nSPS) is 13.6. The summed E-state index contributed by atoms with van der Waals surface area (Å²) in [4.78, 5) is 57.8. The number of carbonyl (C=O) groups is 2. The lowest BCUT2D eigenvalue weighted by molar-refractivity contribution is -0.137. The predicted octanol–water partition coefficient (Wildman–Crippen LogP) is 3.68. The smallest absolute Gasteiger partial charge is 0.326 e. The maximum Gasteiger partial charge on any atom is 0.326 e. The highest BCUT2D eigenvalue weighted by Gasteiger charge is 2.26. The molecular formula is C37H34FN13O4. The molecule has 3 aromatic carbocycles. The van der Waals surface area contributed by atoms with Gasteiger partial charge in [-0.2, -0.15) is 20.2 Å². The number of hydrogen-bond acceptors (Lipinski definition) is 14. The Balaban J connectivity index is 1.06. The Morgan fingerprint density at radius 1 is 0.909 bits per heavy atom. The highest BCUT2D eigenvalue weighted by molar-refractivity contribution is 5.94. The summed E-state index contributed by atoms with van der Waals surface area (Å²) < 4.78 is 13.8. The first-order valence-electron chi connectivity index (χ1n) is 17.2. The van der Waals surface area contributed by atoms with Crippen LogP contribution in [0, 0.1) is 17.1 Å². The number of nitriles is 1. The van der Waals surface area contributed by atoms with Crippen LogP contribution in [-0.2, 0) is 24.3 Å². The van der Waals surface area contributed by atoms with Crippen molar-refractivity contribution in [2.75, 3.05) is 42.1 Å². The van der Waals surface area contributed by atoms with Crippen LogP contribution in [0.25, 0.3) is 11.0 Å². The van der Waals surface area contributed by atoms with E-state index in [1.807, 2.05) is 30.3 Å². The van der Waals surface area contributed by atoms with Gasteiger partial charge in [0.25, 0.3) is 5.91 Å². The number of carbonyl (C=O) groups excluding carboxylic acids is 1. The van der Waals surface area contributed by atoms with Gasteiger partial charge in [0.05, 0.1) is 29.2 Å². The summed E-state index contributed by atoms with van der Waals surface area (Å²) in [5.41, 5.74) is 3.85. The molecule has 1 aliphatic heterocycles. The Morgan fingerprint density at radius 3 is 2.44 bits per heavy atom. The van der Waals surface area contributed by atoms with Gasteiger partial charge in [-0.05, 0) is 47.5 Å². The van der Waals surface area contributed by atoms with Crippen molar-refractivity contribution in [3.8, 4) is 11.9 Å². The van der Waals surface area contributed by atoms with E-state index in [1.165, 1.54) is 24.5 Å². The summed E-state index contributed by atoms with van der Waals surface area (Å²) in [6.07, 6.45) is 2.78. The topological polar surface area (TPSA) is 234 Å². The number of aromatic amines is 1. The molecular weight excluding hydrogens is 709 g/mol. The van der Waals surface area contributed by atoms with Crippen LogP contribution in [0.4, 0.5) is 27.9 Å². The number of carboxylic acids is 1. The third-order valence-electron chi connectivity index (χ3n) is 8.80. The first-order valence-corrected chi connectivity index (χ1v) is 17.2. The number of aliphatic carboxylic acids is 1. The van der Waals surface area contributed by atoms with Gasteiger partial charge >= 0.3 is 5.97 Å². The van der Waals surface area contributed by atoms with Crippen molar-refractivity contribution in [3.63, 3.8) is 0 Å². The minimum atomic E-state index is -1.13. The van der Waals surface area contributed by atoms with Gasteiger partial charge in [0.15, 0.2) is 5.69 Å². The lowest BCUT2D eigenvalue weighted by atomic mass is 10.0. The molecule has 6 aromatic rings. The van der Waals surface area contributed by atoms with Gasteiger partial charge in [0, 0.05) is 63.3 Å². The molecule has 7 rings (SSSR count). The van der Waals surface area contributed by atoms with Gasteiger partial charge < -0.3 is 36.0 Å². The average molecular weight is 744 g/mol. The number of H-pyrrole nitrogens is 1. The summed E-state index contributed by atoms with van der Waals surface area (Å²) in [5.74, 6) is -1.56. The third-order valence-corrected chi connectivity index (χ3v) is 8.80. The summed E-state index contributed by atoms with van der Waals surface area (Å²) in [7, 11) is 0. The van der Waals surface area contributed by atoms with Crippen molar-refractivity contribution in [1.82, 2.24) is 44.7 Å². The molecule has 1 amide bonds. The molecule has 18 heteroatoms. The Kier molecular flexibility index (Phi) is 10.6. The summed E-state index contributed by atoms with van der Waals surface area (Å²) in [6, 6.07) is 19.5. The molecule has 0 bridgehead atoms. The number of nitrogens with zero attached hydrogens (tertiary/aromatic N) is 9. The largest absolute Gasteiger partial charge is 0.492 e. The number of benzene rings is 3. The number of imidazole rings is 1. The van der Waals surface area contributed by atoms with E-state index >= 15 is 0 Å². The second kappa shape index (κ2) is 16.2. The van der Waals surface area contributed by atoms with Gasteiger partial charge in [-0.15, -0.1) is 0 Å². The van der Waals surface area contributed by atoms with Gasteiger partial charge in [-0.1, -0.05) is 24.3 Å². The van der Waals surface area contributed by atoms with Crippen molar-refractivity contribution >= 4 is 46.4 Å². The lowest BCUT2D eigenvalue weighted by Crippen LogP contribution is -2.48. The zero-order chi connectivity index (χ0) is 38.3. The maximum absolute atomic E-state index is 13.8. The highest BCUT2D eigenvalue weighted by Crippen LogP contribution is 2.21. The Hall–Kier alpha value is -7.26. The number of aromatic nitrogens is 7. The average Bonchev–Trinajstić information content (AvgIpc) is 3.59. The fourth-order valence-corrected chi connectivity index (χ4v) is 6.04. The standard InChI is InChI=1S/C37H34FN13O4/c38-25-8-9-27-28(18-25)45-30(44-27)20-42-35-47-36(49-37(48-35)46-29(34(54)55)17-22-4-6-23(19-39)7-5-22)43-26-3-1-2-24(16-26)21-50-12-14-51(15-13-50)33(53)31-32(52)41-11-10-40-31/h1-11,16,18,29H,12-15,17,20-21H2,(H,41,52)(H,44,45)(H,54,55)(H3,42,43,46,47,48,49)/t29-/m0/s1. The number of rotatable bonds is 13. The van der Waals surface area contributed by atoms with Crippen LogP contribution in [0.3, 0.4) is 0 Å². The molecule has 278 valence electrons. The Labute approximate surface area is 313 Å². The molecule has 0 aliphatic carbocycles. The molecule has 1 saturated heterocycles. The van der Waals surface area contributed by atoms with Crippen LogP contribution in [0.15, 0.2) is 79.1 Å². The molecule has 0 radical (unpaired) electrons. The lowest BCUT2D eigenvalue weighted by Gasteiger charge is -2.34. The van der Waals surface area contributed by atoms with E-state index in [0.717, 1.165) is 5.56 Å². The van der Waals surface area contributed by atoms with Crippen LogP contribution < -0.4 is 16.0 Å². The Bertz CT molecular complexity index is 2380. The van der Waals surface area contributed by atoms with E-state index < -0.39 is 23.7 Å². The van der Waals surface area contributed by atoms with E-state index in [9.17, 15) is 24.2 Å². The van der Waals surface area contributed by atoms with Crippen molar-refractivity contribution in [2.24, 2.45) is 0 Å². The number of anilines is 4. The van der Waals surface area contributed by atoms with Gasteiger partial charge in [0.1, 0.15) is 17.7 Å². The predicted molar refractivity (Wildman–Crippen MR) is 198 cm³/mol. The first kappa shape index (κ1) is 36.1. The second-order valence-electron chi connectivity index (χ2n) is 12.7.